The Morgan fingerprint density at radius 2 is 1.89 bits per heavy atom. The maximum atomic E-state index is 12.8. The summed E-state index contributed by atoms with van der Waals surface area (Å²) in [4.78, 5) is 14.5. The molecule has 0 unspecified atom stereocenters. The standard InChI is InChI=1S/C22H25N5O/c1-14(2)18-11-12-19(24-23-18)15-7-9-16(10-8-15)22(28)27(3)13-21-17-5-4-6-20(17)25-26-21/h7-12,14H,4-6,13H2,1-3H3,(H,25,26). The highest BCUT2D eigenvalue weighted by atomic mass is 16.2. The van der Waals surface area contributed by atoms with E-state index in [1.54, 1.807) is 4.90 Å². The first-order valence-electron chi connectivity index (χ1n) is 9.77. The average Bonchev–Trinajstić information content (AvgIpc) is 3.33. The SMILES string of the molecule is CC(C)c1ccc(-c2ccc(C(=O)N(C)Cc3n[nH]c4c3CCC4)cc2)nn1. The number of hydrogen-bond acceptors (Lipinski definition) is 4. The summed E-state index contributed by atoms with van der Waals surface area (Å²) in [6, 6.07) is 11.5. The third-order valence-corrected chi connectivity index (χ3v) is 5.33. The van der Waals surface area contributed by atoms with Gasteiger partial charge in [0.2, 0.25) is 0 Å². The Labute approximate surface area is 165 Å². The number of carbonyl (C=O) groups excluding carboxylic acids is 1. The molecule has 0 radical (unpaired) electrons. The van der Waals surface area contributed by atoms with Gasteiger partial charge in [0.25, 0.3) is 5.91 Å². The van der Waals surface area contributed by atoms with Crippen LogP contribution in [-0.4, -0.2) is 38.2 Å². The van der Waals surface area contributed by atoms with Gasteiger partial charge in [0.15, 0.2) is 0 Å². The van der Waals surface area contributed by atoms with Gasteiger partial charge in [0.05, 0.1) is 23.6 Å². The fourth-order valence-electron chi connectivity index (χ4n) is 3.62. The third-order valence-electron chi connectivity index (χ3n) is 5.33. The second kappa shape index (κ2) is 7.54. The molecule has 0 saturated carbocycles. The number of benzene rings is 1. The van der Waals surface area contributed by atoms with E-state index in [2.05, 4.69) is 34.2 Å². The summed E-state index contributed by atoms with van der Waals surface area (Å²) < 4.78 is 0. The molecule has 0 bridgehead atoms. The number of aryl methyl sites for hydroxylation is 1. The van der Waals surface area contributed by atoms with Gasteiger partial charge in [0.1, 0.15) is 0 Å². The van der Waals surface area contributed by atoms with E-state index < -0.39 is 0 Å². The summed E-state index contributed by atoms with van der Waals surface area (Å²) in [5.74, 6) is 0.343. The van der Waals surface area contributed by atoms with Crippen molar-refractivity contribution in [1.29, 1.82) is 0 Å². The van der Waals surface area contributed by atoms with Gasteiger partial charge >= 0.3 is 0 Å². The highest BCUT2D eigenvalue weighted by molar-refractivity contribution is 5.94. The minimum absolute atomic E-state index is 0.0115. The van der Waals surface area contributed by atoms with E-state index in [4.69, 9.17) is 0 Å². The summed E-state index contributed by atoms with van der Waals surface area (Å²) in [7, 11) is 1.82. The number of amides is 1. The second-order valence-electron chi connectivity index (χ2n) is 7.72. The predicted molar refractivity (Wildman–Crippen MR) is 108 cm³/mol. The van der Waals surface area contributed by atoms with Crippen LogP contribution in [0.3, 0.4) is 0 Å². The quantitative estimate of drug-likeness (QED) is 0.737. The molecular weight excluding hydrogens is 350 g/mol. The van der Waals surface area contributed by atoms with Crippen LogP contribution in [0.2, 0.25) is 0 Å². The Kier molecular flexibility index (Phi) is 4.94. The number of H-pyrrole nitrogens is 1. The van der Waals surface area contributed by atoms with Crippen LogP contribution in [0.15, 0.2) is 36.4 Å². The first-order valence-corrected chi connectivity index (χ1v) is 9.77. The summed E-state index contributed by atoms with van der Waals surface area (Å²) in [5, 5.41) is 16.1. The monoisotopic (exact) mass is 375 g/mol. The minimum Gasteiger partial charge on any atom is -0.336 e. The number of aromatic amines is 1. The summed E-state index contributed by atoms with van der Waals surface area (Å²) in [6.45, 7) is 4.71. The number of fused-ring (bicyclic) bond motifs is 1. The Bertz CT molecular complexity index is 973. The lowest BCUT2D eigenvalue weighted by atomic mass is 10.1. The zero-order valence-electron chi connectivity index (χ0n) is 16.6. The van der Waals surface area contributed by atoms with Crippen LogP contribution in [0.5, 0.6) is 0 Å². The summed E-state index contributed by atoms with van der Waals surface area (Å²) in [6.07, 6.45) is 3.27. The van der Waals surface area contributed by atoms with Crippen LogP contribution >= 0.6 is 0 Å². The molecule has 6 heteroatoms. The molecule has 0 spiro atoms. The van der Waals surface area contributed by atoms with E-state index >= 15 is 0 Å². The predicted octanol–water partition coefficient (Wildman–Crippen LogP) is 3.75. The van der Waals surface area contributed by atoms with Crippen LogP contribution in [-0.2, 0) is 19.4 Å². The second-order valence-corrected chi connectivity index (χ2v) is 7.72. The van der Waals surface area contributed by atoms with Crippen molar-refractivity contribution in [2.24, 2.45) is 0 Å². The Morgan fingerprint density at radius 1 is 1.11 bits per heavy atom. The zero-order chi connectivity index (χ0) is 19.7. The molecule has 0 atom stereocenters. The first-order chi connectivity index (χ1) is 13.5. The summed E-state index contributed by atoms with van der Waals surface area (Å²) >= 11 is 0. The van der Waals surface area contributed by atoms with Gasteiger partial charge in [0, 0.05) is 23.9 Å². The Hall–Kier alpha value is -3.02. The molecule has 2 aromatic heterocycles. The molecule has 0 fully saturated rings. The van der Waals surface area contributed by atoms with Gasteiger partial charge < -0.3 is 4.90 Å². The molecule has 2 heterocycles. The van der Waals surface area contributed by atoms with Crippen LogP contribution in [0.1, 0.15) is 59.2 Å². The van der Waals surface area contributed by atoms with Crippen molar-refractivity contribution in [2.75, 3.05) is 7.05 Å². The minimum atomic E-state index is -0.0115. The maximum Gasteiger partial charge on any atom is 0.253 e. The van der Waals surface area contributed by atoms with Gasteiger partial charge in [-0.05, 0) is 55.0 Å². The highest BCUT2D eigenvalue weighted by Gasteiger charge is 2.21. The first kappa shape index (κ1) is 18.3. The number of hydrogen-bond donors (Lipinski definition) is 1. The van der Waals surface area contributed by atoms with Crippen molar-refractivity contribution in [3.05, 3.63) is 64.6 Å². The van der Waals surface area contributed by atoms with E-state index in [0.717, 1.165) is 41.9 Å². The van der Waals surface area contributed by atoms with E-state index in [1.165, 1.54) is 11.3 Å². The van der Waals surface area contributed by atoms with Crippen molar-refractivity contribution in [3.63, 3.8) is 0 Å². The molecule has 144 valence electrons. The fourth-order valence-corrected chi connectivity index (χ4v) is 3.62. The van der Waals surface area contributed by atoms with Crippen molar-refractivity contribution in [1.82, 2.24) is 25.3 Å². The number of nitrogens with zero attached hydrogens (tertiary/aromatic N) is 4. The number of carbonyl (C=O) groups is 1. The van der Waals surface area contributed by atoms with Crippen LogP contribution in [0.25, 0.3) is 11.3 Å². The molecule has 1 aromatic carbocycles. The smallest absolute Gasteiger partial charge is 0.253 e. The van der Waals surface area contributed by atoms with Crippen molar-refractivity contribution in [2.45, 2.75) is 45.6 Å². The number of aromatic nitrogens is 4. The van der Waals surface area contributed by atoms with Gasteiger partial charge in [-0.1, -0.05) is 26.0 Å². The largest absolute Gasteiger partial charge is 0.336 e. The van der Waals surface area contributed by atoms with Crippen molar-refractivity contribution in [3.8, 4) is 11.3 Å². The Balaban J connectivity index is 1.46. The molecule has 4 rings (SSSR count). The van der Waals surface area contributed by atoms with Gasteiger partial charge in [-0.15, -0.1) is 0 Å². The summed E-state index contributed by atoms with van der Waals surface area (Å²) in [5.41, 5.74) is 6.90. The number of rotatable bonds is 5. The lowest BCUT2D eigenvalue weighted by molar-refractivity contribution is 0.0783. The molecule has 1 amide bonds. The molecule has 6 nitrogen and oxygen atoms in total. The molecule has 1 aliphatic rings. The van der Waals surface area contributed by atoms with E-state index in [1.807, 2.05) is 43.4 Å². The Morgan fingerprint density at radius 3 is 2.57 bits per heavy atom. The van der Waals surface area contributed by atoms with Crippen molar-refractivity contribution < 1.29 is 4.79 Å². The molecule has 1 N–H and O–H groups in total. The zero-order valence-corrected chi connectivity index (χ0v) is 16.6. The maximum absolute atomic E-state index is 12.8. The number of nitrogens with one attached hydrogen (secondary N) is 1. The van der Waals surface area contributed by atoms with Gasteiger partial charge in [-0.3, -0.25) is 9.89 Å². The molecule has 1 aliphatic carbocycles. The van der Waals surface area contributed by atoms with E-state index in [0.29, 0.717) is 18.0 Å². The normalized spacial score (nSPS) is 13.0. The van der Waals surface area contributed by atoms with E-state index in [-0.39, 0.29) is 5.91 Å². The van der Waals surface area contributed by atoms with Crippen LogP contribution in [0, 0.1) is 0 Å². The van der Waals surface area contributed by atoms with E-state index in [9.17, 15) is 4.79 Å². The lowest BCUT2D eigenvalue weighted by Gasteiger charge is -2.17. The molecular formula is C22H25N5O. The fraction of sp³-hybridized carbons (Fsp3) is 0.364. The average molecular weight is 375 g/mol. The highest BCUT2D eigenvalue weighted by Crippen LogP contribution is 2.24. The molecule has 0 aliphatic heterocycles. The third kappa shape index (κ3) is 3.54. The van der Waals surface area contributed by atoms with Crippen LogP contribution < -0.4 is 0 Å². The lowest BCUT2D eigenvalue weighted by Crippen LogP contribution is -2.26. The van der Waals surface area contributed by atoms with Gasteiger partial charge in [-0.25, -0.2) is 0 Å². The molecule has 0 saturated heterocycles. The van der Waals surface area contributed by atoms with Crippen LogP contribution in [0.4, 0.5) is 0 Å². The molecule has 28 heavy (non-hydrogen) atoms. The molecule has 3 aromatic rings. The van der Waals surface area contributed by atoms with Crippen molar-refractivity contribution >= 4 is 5.91 Å². The topological polar surface area (TPSA) is 74.8 Å². The van der Waals surface area contributed by atoms with Gasteiger partial charge in [-0.2, -0.15) is 15.3 Å².